The number of hydrogen-bond acceptors (Lipinski definition) is 7. The first-order chi connectivity index (χ1) is 20.3. The highest BCUT2D eigenvalue weighted by Gasteiger charge is 2.39. The summed E-state index contributed by atoms with van der Waals surface area (Å²) < 4.78 is 43.6. The number of thiazole rings is 1. The Kier molecular flexibility index (Phi) is 12.2. The van der Waals surface area contributed by atoms with Gasteiger partial charge in [-0.3, -0.25) is 4.57 Å². The molecule has 43 heavy (non-hydrogen) atoms. The molecule has 0 fully saturated rings. The quantitative estimate of drug-likeness (QED) is 0.147. The van der Waals surface area contributed by atoms with E-state index in [0.29, 0.717) is 10.7 Å². The lowest BCUT2D eigenvalue weighted by Crippen LogP contribution is -2.48. The predicted molar refractivity (Wildman–Crippen MR) is 168 cm³/mol. The fourth-order valence-corrected chi connectivity index (χ4v) is 6.44. The van der Waals surface area contributed by atoms with E-state index in [-0.39, 0.29) is 34.2 Å². The van der Waals surface area contributed by atoms with E-state index in [9.17, 15) is 18.3 Å². The summed E-state index contributed by atoms with van der Waals surface area (Å²) in [6, 6.07) is 2.83. The van der Waals surface area contributed by atoms with Crippen molar-refractivity contribution >= 4 is 28.6 Å². The SMILES string of the molecule is C=CC(c1nnc(C)n1-c1cc(Cl)ccc1C(F)(F)F)C(O)C(N/C=C(\N)c1nc(C)cs1)C(CCC)C(C)CCCC. The Hall–Kier alpha value is -2.89. The number of aryl methyl sites for hydroxylation is 2. The lowest BCUT2D eigenvalue weighted by molar-refractivity contribution is -0.137. The summed E-state index contributed by atoms with van der Waals surface area (Å²) in [6.07, 6.45) is 2.10. The van der Waals surface area contributed by atoms with Crippen LogP contribution in [0.4, 0.5) is 13.2 Å². The first-order valence-electron chi connectivity index (χ1n) is 14.6. The molecule has 0 amide bonds. The number of aliphatic hydroxyl groups excluding tert-OH is 1. The summed E-state index contributed by atoms with van der Waals surface area (Å²) in [5, 5.41) is 26.5. The van der Waals surface area contributed by atoms with E-state index in [1.54, 1.807) is 13.1 Å². The molecule has 0 radical (unpaired) electrons. The average molecular weight is 639 g/mol. The minimum absolute atomic E-state index is 0.00505. The van der Waals surface area contributed by atoms with E-state index in [2.05, 4.69) is 47.8 Å². The molecule has 12 heteroatoms. The Morgan fingerprint density at radius 3 is 2.51 bits per heavy atom. The molecule has 0 saturated carbocycles. The lowest BCUT2D eigenvalue weighted by Gasteiger charge is -2.37. The van der Waals surface area contributed by atoms with E-state index in [1.807, 2.05) is 12.3 Å². The molecule has 2 heterocycles. The Labute approximate surface area is 261 Å². The van der Waals surface area contributed by atoms with Gasteiger partial charge < -0.3 is 16.2 Å². The lowest BCUT2D eigenvalue weighted by atomic mass is 9.76. The maximum atomic E-state index is 14.1. The summed E-state index contributed by atoms with van der Waals surface area (Å²) in [5.41, 5.74) is 6.55. The van der Waals surface area contributed by atoms with Crippen molar-refractivity contribution in [2.24, 2.45) is 17.6 Å². The van der Waals surface area contributed by atoms with Gasteiger partial charge in [-0.1, -0.05) is 64.1 Å². The third-order valence-corrected chi connectivity index (χ3v) is 9.01. The van der Waals surface area contributed by atoms with Crippen LogP contribution in [0.3, 0.4) is 0 Å². The molecule has 0 bridgehead atoms. The summed E-state index contributed by atoms with van der Waals surface area (Å²) in [4.78, 5) is 4.45. The van der Waals surface area contributed by atoms with Crippen LogP contribution >= 0.6 is 22.9 Å². The molecule has 7 nitrogen and oxygen atoms in total. The van der Waals surface area contributed by atoms with Gasteiger partial charge >= 0.3 is 6.18 Å². The van der Waals surface area contributed by atoms with Crippen molar-refractivity contribution in [1.29, 1.82) is 0 Å². The van der Waals surface area contributed by atoms with E-state index < -0.39 is 29.8 Å². The molecule has 2 aromatic heterocycles. The van der Waals surface area contributed by atoms with Crippen LogP contribution in [-0.4, -0.2) is 37.0 Å². The van der Waals surface area contributed by atoms with Gasteiger partial charge in [0.2, 0.25) is 0 Å². The topological polar surface area (TPSA) is 102 Å². The van der Waals surface area contributed by atoms with Gasteiger partial charge in [0.1, 0.15) is 16.7 Å². The highest BCUT2D eigenvalue weighted by atomic mass is 35.5. The van der Waals surface area contributed by atoms with Crippen molar-refractivity contribution in [2.45, 2.75) is 91.0 Å². The van der Waals surface area contributed by atoms with Crippen molar-refractivity contribution in [3.05, 3.63) is 75.4 Å². The Morgan fingerprint density at radius 2 is 1.93 bits per heavy atom. The van der Waals surface area contributed by atoms with Crippen LogP contribution in [-0.2, 0) is 6.18 Å². The van der Waals surface area contributed by atoms with Crippen molar-refractivity contribution < 1.29 is 18.3 Å². The van der Waals surface area contributed by atoms with Gasteiger partial charge in [-0.2, -0.15) is 13.2 Å². The zero-order valence-electron chi connectivity index (χ0n) is 25.3. The van der Waals surface area contributed by atoms with Gasteiger partial charge in [0.15, 0.2) is 0 Å². The number of aliphatic hydroxyl groups is 1. The molecule has 1 aromatic carbocycles. The van der Waals surface area contributed by atoms with E-state index in [0.717, 1.165) is 43.9 Å². The van der Waals surface area contributed by atoms with Crippen molar-refractivity contribution in [3.63, 3.8) is 0 Å². The highest BCUT2D eigenvalue weighted by molar-refractivity contribution is 7.10. The fraction of sp³-hybridized carbons (Fsp3) is 0.516. The molecule has 3 rings (SSSR count). The zero-order chi connectivity index (χ0) is 31.9. The van der Waals surface area contributed by atoms with Crippen LogP contribution in [0.1, 0.15) is 86.7 Å². The number of nitrogens with zero attached hydrogens (tertiary/aromatic N) is 4. The summed E-state index contributed by atoms with van der Waals surface area (Å²) >= 11 is 7.59. The maximum Gasteiger partial charge on any atom is 0.418 e. The van der Waals surface area contributed by atoms with Crippen LogP contribution < -0.4 is 11.1 Å². The number of aromatic nitrogens is 4. The van der Waals surface area contributed by atoms with Crippen LogP contribution in [0, 0.1) is 25.7 Å². The summed E-state index contributed by atoms with van der Waals surface area (Å²) in [6.45, 7) is 13.8. The molecule has 5 unspecified atom stereocenters. The second kappa shape index (κ2) is 15.2. The van der Waals surface area contributed by atoms with Gasteiger partial charge in [-0.15, -0.1) is 28.1 Å². The Bertz CT molecular complexity index is 1390. The maximum absolute atomic E-state index is 14.1. The van der Waals surface area contributed by atoms with Crippen molar-refractivity contribution in [2.75, 3.05) is 0 Å². The number of unbranched alkanes of at least 4 members (excludes halogenated alkanes) is 1. The first kappa shape index (κ1) is 34.6. The van der Waals surface area contributed by atoms with Gasteiger partial charge in [-0.25, -0.2) is 4.98 Å². The van der Waals surface area contributed by atoms with Crippen LogP contribution in [0.15, 0.2) is 42.4 Å². The van der Waals surface area contributed by atoms with Gasteiger partial charge in [-0.05, 0) is 50.3 Å². The van der Waals surface area contributed by atoms with Crippen LogP contribution in [0.25, 0.3) is 11.4 Å². The second-order valence-electron chi connectivity index (χ2n) is 11.0. The number of hydrogen-bond donors (Lipinski definition) is 3. The third kappa shape index (κ3) is 8.39. The van der Waals surface area contributed by atoms with Crippen LogP contribution in [0.5, 0.6) is 0 Å². The number of benzene rings is 1. The monoisotopic (exact) mass is 638 g/mol. The van der Waals surface area contributed by atoms with Crippen molar-refractivity contribution in [1.82, 2.24) is 25.1 Å². The van der Waals surface area contributed by atoms with Crippen LogP contribution in [0.2, 0.25) is 5.02 Å². The minimum Gasteiger partial charge on any atom is -0.395 e. The fourth-order valence-electron chi connectivity index (χ4n) is 5.54. The number of alkyl halides is 3. The molecule has 0 aliphatic carbocycles. The van der Waals surface area contributed by atoms with E-state index in [4.69, 9.17) is 17.3 Å². The number of halogens is 4. The first-order valence-corrected chi connectivity index (χ1v) is 15.8. The zero-order valence-corrected chi connectivity index (χ0v) is 26.9. The van der Waals surface area contributed by atoms with E-state index in [1.165, 1.54) is 34.1 Å². The second-order valence-corrected chi connectivity index (χ2v) is 12.3. The normalized spacial score (nSPS) is 16.0. The number of nitrogens with one attached hydrogen (secondary N) is 1. The van der Waals surface area contributed by atoms with Crippen molar-refractivity contribution in [3.8, 4) is 5.69 Å². The number of rotatable bonds is 15. The average Bonchev–Trinajstić information content (AvgIpc) is 3.56. The van der Waals surface area contributed by atoms with Gasteiger partial charge in [0.05, 0.1) is 35.0 Å². The smallest absolute Gasteiger partial charge is 0.395 e. The molecule has 0 aliphatic rings. The van der Waals surface area contributed by atoms with Gasteiger partial charge in [0.25, 0.3) is 0 Å². The molecular weight excluding hydrogens is 597 g/mol. The largest absolute Gasteiger partial charge is 0.418 e. The summed E-state index contributed by atoms with van der Waals surface area (Å²) in [5.74, 6) is -0.295. The van der Waals surface area contributed by atoms with Gasteiger partial charge in [0, 0.05) is 22.3 Å². The molecule has 0 aliphatic heterocycles. The van der Waals surface area contributed by atoms with E-state index >= 15 is 0 Å². The molecule has 0 saturated heterocycles. The molecule has 4 N–H and O–H groups in total. The summed E-state index contributed by atoms with van der Waals surface area (Å²) in [7, 11) is 0. The third-order valence-electron chi connectivity index (χ3n) is 7.77. The molecule has 5 atom stereocenters. The molecule has 0 spiro atoms. The molecule has 3 aromatic rings. The number of nitrogens with two attached hydrogens (primary N) is 1. The molecular formula is C31H42ClF3N6OS. The minimum atomic E-state index is -4.66. The standard InChI is InChI=1S/C31H42ClF3N6OS/c1-7-10-12-18(4)23(11-8-2)27(37-16-25(36)30-38-19(5)17-43-30)28(42)22(9-3)29-40-39-20(6)41(29)26-15-21(32)13-14-24(26)31(33,34)35/h9,13-18,22-23,27-28,37,42H,3,7-8,10-12,36H2,1-2,4-6H3/b25-16-. The Balaban J connectivity index is 2.13. The Morgan fingerprint density at radius 1 is 1.21 bits per heavy atom. The predicted octanol–water partition coefficient (Wildman–Crippen LogP) is 7.80. The molecule has 236 valence electrons. The highest BCUT2D eigenvalue weighted by Crippen LogP contribution is 2.38.